The fraction of sp³-hybridized carbons (Fsp3) is 0.632. The molecule has 3 aliphatic carbocycles. The van der Waals surface area contributed by atoms with Crippen molar-refractivity contribution in [2.75, 3.05) is 13.2 Å². The molecule has 4 fully saturated rings. The Labute approximate surface area is 170 Å². The average Bonchev–Trinajstić information content (AvgIpc) is 2.59. The quantitative estimate of drug-likeness (QED) is 0.601. The third kappa shape index (κ3) is 4.32. The monoisotopic (exact) mass is 435 g/mol. The molecule has 29 heavy (non-hydrogen) atoms. The number of carbonyl (C=O) groups is 1. The van der Waals surface area contributed by atoms with Gasteiger partial charge in [-0.15, -0.1) is 0 Å². The smallest absolute Gasteiger partial charge is 0.391 e. The van der Waals surface area contributed by atoms with Gasteiger partial charge in [-0.2, -0.15) is 13.2 Å². The second-order valence-electron chi connectivity index (χ2n) is 8.42. The molecule has 1 aromatic rings. The molecule has 1 aromatic carbocycles. The van der Waals surface area contributed by atoms with Gasteiger partial charge in [0.1, 0.15) is 11.6 Å². The number of benzene rings is 1. The van der Waals surface area contributed by atoms with E-state index in [-0.39, 0.29) is 53.4 Å². The first-order valence-corrected chi connectivity index (χ1v) is 9.93. The molecule has 4 aliphatic rings. The average molecular weight is 436 g/mol. The molecule has 0 spiro atoms. The van der Waals surface area contributed by atoms with Crippen LogP contribution < -0.4 is 20.7 Å². The number of rotatable bonds is 6. The van der Waals surface area contributed by atoms with Gasteiger partial charge >= 0.3 is 6.18 Å². The van der Waals surface area contributed by atoms with Crippen molar-refractivity contribution in [3.8, 4) is 5.75 Å². The lowest BCUT2D eigenvalue weighted by atomic mass is 9.44. The van der Waals surface area contributed by atoms with Gasteiger partial charge in [-0.3, -0.25) is 10.1 Å². The normalized spacial score (nSPS) is 33.4. The highest BCUT2D eigenvalue weighted by atomic mass is 35.5. The summed E-state index contributed by atoms with van der Waals surface area (Å²) in [6.45, 7) is 0.0864. The third-order valence-corrected chi connectivity index (χ3v) is 6.35. The summed E-state index contributed by atoms with van der Waals surface area (Å²) in [4.78, 5) is 12.1. The molecule has 1 saturated heterocycles. The van der Waals surface area contributed by atoms with Crippen LogP contribution in [0.4, 0.5) is 17.6 Å². The Balaban J connectivity index is 1.21. The van der Waals surface area contributed by atoms with E-state index in [1.807, 2.05) is 0 Å². The van der Waals surface area contributed by atoms with E-state index in [4.69, 9.17) is 16.3 Å². The molecule has 3 N–H and O–H groups in total. The lowest BCUT2D eigenvalue weighted by molar-refractivity contribution is -0.188. The van der Waals surface area contributed by atoms with E-state index in [2.05, 4.69) is 16.0 Å². The molecule has 1 amide bonds. The maximum absolute atomic E-state index is 13.4. The van der Waals surface area contributed by atoms with Crippen molar-refractivity contribution in [1.82, 2.24) is 16.0 Å². The molecule has 2 atom stereocenters. The summed E-state index contributed by atoms with van der Waals surface area (Å²) in [5.74, 6) is -2.01. The largest absolute Gasteiger partial charge is 0.484 e. The summed E-state index contributed by atoms with van der Waals surface area (Å²) < 4.78 is 57.5. The van der Waals surface area contributed by atoms with Crippen LogP contribution in [0.1, 0.15) is 32.1 Å². The maximum Gasteiger partial charge on any atom is 0.391 e. The van der Waals surface area contributed by atoms with Crippen LogP contribution in [-0.4, -0.2) is 42.5 Å². The highest BCUT2D eigenvalue weighted by molar-refractivity contribution is 6.30. The lowest BCUT2D eigenvalue weighted by Gasteiger charge is -2.71. The molecule has 3 saturated carbocycles. The Morgan fingerprint density at radius 2 is 2.00 bits per heavy atom. The van der Waals surface area contributed by atoms with Gasteiger partial charge in [-0.25, -0.2) is 4.39 Å². The van der Waals surface area contributed by atoms with Gasteiger partial charge in [0.2, 0.25) is 0 Å². The minimum atomic E-state index is -4.16. The van der Waals surface area contributed by atoms with Crippen LogP contribution >= 0.6 is 11.6 Å². The molecule has 160 valence electrons. The van der Waals surface area contributed by atoms with Crippen LogP contribution in [-0.2, 0) is 4.79 Å². The van der Waals surface area contributed by atoms with Crippen molar-refractivity contribution in [2.45, 2.75) is 55.5 Å². The Bertz CT molecular complexity index is 784. The molecule has 1 heterocycles. The lowest BCUT2D eigenvalue weighted by Crippen LogP contribution is -2.85. The number of carbonyl (C=O) groups excluding carboxylic acids is 1. The number of alkyl halides is 3. The molecule has 2 bridgehead atoms. The highest BCUT2D eigenvalue weighted by Crippen LogP contribution is 2.60. The van der Waals surface area contributed by atoms with Crippen LogP contribution in [0.3, 0.4) is 0 Å². The standard InChI is InChI=1S/C19H22ClF4N3O2/c20-13-2-1-12(6-14(13)21)29-7-16(28)27-18-8-17(9-18,10-18)26-15-5-11(3-4-25-15)19(22,23)24/h1-2,6,11,15,25-26H,3-5,7-10H2,(H,27,28). The van der Waals surface area contributed by atoms with Gasteiger partial charge in [0, 0.05) is 17.1 Å². The topological polar surface area (TPSA) is 62.4 Å². The van der Waals surface area contributed by atoms with E-state index in [0.29, 0.717) is 25.8 Å². The molecule has 0 radical (unpaired) electrons. The Hall–Kier alpha value is -1.58. The summed E-state index contributed by atoms with van der Waals surface area (Å²) >= 11 is 5.60. The van der Waals surface area contributed by atoms with Gasteiger partial charge in [0.25, 0.3) is 5.91 Å². The second-order valence-corrected chi connectivity index (χ2v) is 8.82. The van der Waals surface area contributed by atoms with Crippen LogP contribution in [0.15, 0.2) is 18.2 Å². The summed E-state index contributed by atoms with van der Waals surface area (Å²) in [5.41, 5.74) is -0.532. The number of ether oxygens (including phenoxy) is 1. The Kier molecular flexibility index (Phi) is 5.19. The van der Waals surface area contributed by atoms with Crippen molar-refractivity contribution in [2.24, 2.45) is 5.92 Å². The summed E-state index contributed by atoms with van der Waals surface area (Å²) in [7, 11) is 0. The van der Waals surface area contributed by atoms with Crippen LogP contribution in [0.5, 0.6) is 5.75 Å². The third-order valence-electron chi connectivity index (χ3n) is 6.04. The predicted octanol–water partition coefficient (Wildman–Crippen LogP) is 3.13. The Morgan fingerprint density at radius 3 is 2.66 bits per heavy atom. The maximum atomic E-state index is 13.4. The molecule has 0 aromatic heterocycles. The SMILES string of the molecule is O=C(COc1ccc(Cl)c(F)c1)NC12CC(NC3CC(C(F)(F)F)CCN3)(C1)C2. The van der Waals surface area contributed by atoms with E-state index in [1.165, 1.54) is 12.1 Å². The molecule has 5 nitrogen and oxygen atoms in total. The van der Waals surface area contributed by atoms with Gasteiger partial charge in [0.15, 0.2) is 6.61 Å². The summed E-state index contributed by atoms with van der Waals surface area (Å²) in [6, 6.07) is 3.94. The van der Waals surface area contributed by atoms with Gasteiger partial charge in [0.05, 0.1) is 17.1 Å². The molecular weight excluding hydrogens is 414 g/mol. The van der Waals surface area contributed by atoms with Crippen molar-refractivity contribution in [3.63, 3.8) is 0 Å². The zero-order valence-electron chi connectivity index (χ0n) is 15.5. The number of amides is 1. The van der Waals surface area contributed by atoms with E-state index in [0.717, 1.165) is 6.07 Å². The first kappa shape index (κ1) is 20.7. The number of hydrogen-bond acceptors (Lipinski definition) is 4. The van der Waals surface area contributed by atoms with Gasteiger partial charge in [-0.1, -0.05) is 11.6 Å². The van der Waals surface area contributed by atoms with Crippen LogP contribution in [0.2, 0.25) is 5.02 Å². The fourth-order valence-corrected chi connectivity index (χ4v) is 4.93. The number of halogens is 5. The zero-order chi connectivity index (χ0) is 20.9. The van der Waals surface area contributed by atoms with Crippen molar-refractivity contribution in [1.29, 1.82) is 0 Å². The predicted molar refractivity (Wildman–Crippen MR) is 98.1 cm³/mol. The number of nitrogens with one attached hydrogen (secondary N) is 3. The summed E-state index contributed by atoms with van der Waals surface area (Å²) in [6.07, 6.45) is -2.37. The minimum absolute atomic E-state index is 0.0239. The van der Waals surface area contributed by atoms with Crippen molar-refractivity contribution in [3.05, 3.63) is 29.0 Å². The van der Waals surface area contributed by atoms with Crippen LogP contribution in [0, 0.1) is 11.7 Å². The molecule has 10 heteroatoms. The second kappa shape index (κ2) is 7.28. The molecular formula is C19H22ClF4N3O2. The van der Waals surface area contributed by atoms with Gasteiger partial charge in [-0.05, 0) is 50.8 Å². The van der Waals surface area contributed by atoms with Gasteiger partial charge < -0.3 is 15.4 Å². The first-order chi connectivity index (χ1) is 13.6. The van der Waals surface area contributed by atoms with E-state index >= 15 is 0 Å². The first-order valence-electron chi connectivity index (χ1n) is 9.55. The fourth-order valence-electron chi connectivity index (χ4n) is 4.82. The molecule has 5 rings (SSSR count). The highest BCUT2D eigenvalue weighted by Gasteiger charge is 2.69. The Morgan fingerprint density at radius 1 is 1.28 bits per heavy atom. The number of hydrogen-bond donors (Lipinski definition) is 3. The minimum Gasteiger partial charge on any atom is -0.484 e. The van der Waals surface area contributed by atoms with E-state index in [9.17, 15) is 22.4 Å². The molecule has 2 unspecified atom stereocenters. The van der Waals surface area contributed by atoms with Crippen LogP contribution in [0.25, 0.3) is 0 Å². The van der Waals surface area contributed by atoms with Crippen molar-refractivity contribution < 1.29 is 27.1 Å². The zero-order valence-corrected chi connectivity index (χ0v) is 16.3. The number of piperidine rings is 1. The summed E-state index contributed by atoms with van der Waals surface area (Å²) in [5, 5.41) is 9.33. The van der Waals surface area contributed by atoms with Crippen molar-refractivity contribution >= 4 is 17.5 Å². The molecule has 1 aliphatic heterocycles. The van der Waals surface area contributed by atoms with E-state index in [1.54, 1.807) is 0 Å². The van der Waals surface area contributed by atoms with E-state index < -0.39 is 17.9 Å².